The first-order chi connectivity index (χ1) is 12.4. The van der Waals surface area contributed by atoms with E-state index < -0.39 is 0 Å². The Hall–Kier alpha value is -2.02. The Labute approximate surface area is 168 Å². The lowest BCUT2D eigenvalue weighted by molar-refractivity contribution is -0.121. The van der Waals surface area contributed by atoms with Crippen LogP contribution in [-0.4, -0.2) is 17.6 Å². The van der Waals surface area contributed by atoms with Crippen LogP contribution < -0.4 is 20.9 Å². The second-order valence-electron chi connectivity index (χ2n) is 5.50. The monoisotopic (exact) mass is 411 g/mol. The lowest BCUT2D eigenvalue weighted by Crippen LogP contribution is -2.43. The molecule has 0 aliphatic carbocycles. The molecule has 26 heavy (non-hydrogen) atoms. The standard InChI is InChI=1S/C18H19Cl2N3O2S/c1-12-11-14(20)6-9-16(12)25-10-2-3-17(24)22-23-18(26)21-15-7-4-13(19)5-8-15/h4-9,11H,2-3,10H2,1H3,(H,22,24)(H2,21,23,26). The Morgan fingerprint density at radius 2 is 1.77 bits per heavy atom. The van der Waals surface area contributed by atoms with Gasteiger partial charge in [-0.25, -0.2) is 0 Å². The third-order valence-electron chi connectivity index (χ3n) is 3.36. The lowest BCUT2D eigenvalue weighted by atomic mass is 10.2. The molecule has 0 radical (unpaired) electrons. The molecule has 8 heteroatoms. The van der Waals surface area contributed by atoms with Gasteiger partial charge < -0.3 is 10.1 Å². The first kappa shape index (κ1) is 20.3. The number of rotatable bonds is 6. The molecule has 0 aromatic heterocycles. The molecule has 0 aliphatic heterocycles. The molecule has 0 bridgehead atoms. The second-order valence-corrected chi connectivity index (χ2v) is 6.78. The summed E-state index contributed by atoms with van der Waals surface area (Å²) in [6, 6.07) is 12.5. The summed E-state index contributed by atoms with van der Waals surface area (Å²) in [6.07, 6.45) is 0.885. The second kappa shape index (κ2) is 10.2. The summed E-state index contributed by atoms with van der Waals surface area (Å²) in [5.41, 5.74) is 6.92. The van der Waals surface area contributed by atoms with Crippen LogP contribution in [0.4, 0.5) is 5.69 Å². The number of carbonyl (C=O) groups is 1. The van der Waals surface area contributed by atoms with Crippen LogP contribution in [0.5, 0.6) is 5.75 Å². The van der Waals surface area contributed by atoms with Crippen molar-refractivity contribution in [2.45, 2.75) is 19.8 Å². The molecule has 0 saturated carbocycles. The Bertz CT molecular complexity index is 770. The van der Waals surface area contributed by atoms with Gasteiger partial charge in [-0.1, -0.05) is 23.2 Å². The normalized spacial score (nSPS) is 10.1. The van der Waals surface area contributed by atoms with E-state index in [0.29, 0.717) is 29.5 Å². The minimum Gasteiger partial charge on any atom is -0.493 e. The molecular formula is C18H19Cl2N3O2S. The maximum atomic E-state index is 11.8. The molecular weight excluding hydrogens is 393 g/mol. The van der Waals surface area contributed by atoms with Crippen LogP contribution in [0.3, 0.4) is 0 Å². The molecule has 0 atom stereocenters. The fourth-order valence-electron chi connectivity index (χ4n) is 2.07. The zero-order chi connectivity index (χ0) is 18.9. The van der Waals surface area contributed by atoms with Crippen molar-refractivity contribution in [3.63, 3.8) is 0 Å². The van der Waals surface area contributed by atoms with Crippen molar-refractivity contribution in [1.82, 2.24) is 10.9 Å². The minimum atomic E-state index is -0.179. The van der Waals surface area contributed by atoms with Crippen molar-refractivity contribution in [3.05, 3.63) is 58.1 Å². The van der Waals surface area contributed by atoms with Crippen LogP contribution in [0.15, 0.2) is 42.5 Å². The molecule has 1 amide bonds. The SMILES string of the molecule is Cc1cc(Cl)ccc1OCCCC(=O)NNC(=S)Nc1ccc(Cl)cc1. The van der Waals surface area contributed by atoms with E-state index in [1.54, 1.807) is 30.3 Å². The van der Waals surface area contributed by atoms with E-state index in [1.807, 2.05) is 19.1 Å². The number of anilines is 1. The molecule has 2 aromatic carbocycles. The van der Waals surface area contributed by atoms with Gasteiger partial charge in [0.2, 0.25) is 5.91 Å². The molecule has 0 fully saturated rings. The fraction of sp³-hybridized carbons (Fsp3) is 0.222. The summed E-state index contributed by atoms with van der Waals surface area (Å²) in [4.78, 5) is 11.8. The Morgan fingerprint density at radius 3 is 2.46 bits per heavy atom. The number of benzene rings is 2. The van der Waals surface area contributed by atoms with Crippen LogP contribution in [-0.2, 0) is 4.79 Å². The summed E-state index contributed by atoms with van der Waals surface area (Å²) in [5.74, 6) is 0.586. The van der Waals surface area contributed by atoms with E-state index in [4.69, 9.17) is 40.2 Å². The maximum absolute atomic E-state index is 11.8. The number of nitrogens with one attached hydrogen (secondary N) is 3. The number of ether oxygens (including phenoxy) is 1. The Kier molecular flexibility index (Phi) is 7.97. The Morgan fingerprint density at radius 1 is 1.08 bits per heavy atom. The van der Waals surface area contributed by atoms with Gasteiger partial charge in [0.15, 0.2) is 5.11 Å². The van der Waals surface area contributed by atoms with Gasteiger partial charge in [0.1, 0.15) is 5.75 Å². The van der Waals surface area contributed by atoms with Crippen LogP contribution in [0.1, 0.15) is 18.4 Å². The first-order valence-electron chi connectivity index (χ1n) is 7.94. The predicted molar refractivity (Wildman–Crippen MR) is 110 cm³/mol. The van der Waals surface area contributed by atoms with Crippen molar-refractivity contribution in [2.24, 2.45) is 0 Å². The molecule has 0 heterocycles. The first-order valence-corrected chi connectivity index (χ1v) is 9.11. The van der Waals surface area contributed by atoms with Gasteiger partial charge in [0.25, 0.3) is 0 Å². The maximum Gasteiger partial charge on any atom is 0.238 e. The van der Waals surface area contributed by atoms with Gasteiger partial charge in [-0.2, -0.15) is 0 Å². The third kappa shape index (κ3) is 7.07. The van der Waals surface area contributed by atoms with E-state index in [-0.39, 0.29) is 11.0 Å². The van der Waals surface area contributed by atoms with Gasteiger partial charge >= 0.3 is 0 Å². The molecule has 138 valence electrons. The number of hydrogen-bond donors (Lipinski definition) is 3. The van der Waals surface area contributed by atoms with Gasteiger partial charge in [0.05, 0.1) is 6.61 Å². The predicted octanol–water partition coefficient (Wildman–Crippen LogP) is 4.48. The molecule has 2 aromatic rings. The van der Waals surface area contributed by atoms with Crippen molar-refractivity contribution in [3.8, 4) is 5.75 Å². The average Bonchev–Trinajstić information content (AvgIpc) is 2.60. The summed E-state index contributed by atoms with van der Waals surface area (Å²) >= 11 is 16.8. The van der Waals surface area contributed by atoms with Gasteiger partial charge in [-0.3, -0.25) is 15.6 Å². The minimum absolute atomic E-state index is 0.179. The van der Waals surface area contributed by atoms with Crippen LogP contribution in [0.25, 0.3) is 0 Å². The zero-order valence-electron chi connectivity index (χ0n) is 14.1. The largest absolute Gasteiger partial charge is 0.493 e. The number of halogens is 2. The van der Waals surface area contributed by atoms with E-state index >= 15 is 0 Å². The lowest BCUT2D eigenvalue weighted by Gasteiger charge is -2.12. The smallest absolute Gasteiger partial charge is 0.238 e. The summed E-state index contributed by atoms with van der Waals surface area (Å²) in [7, 11) is 0. The number of hydrazine groups is 1. The molecule has 0 saturated heterocycles. The molecule has 0 unspecified atom stereocenters. The van der Waals surface area contributed by atoms with Crippen molar-refractivity contribution in [1.29, 1.82) is 0 Å². The van der Waals surface area contributed by atoms with Crippen LogP contribution in [0, 0.1) is 6.92 Å². The topological polar surface area (TPSA) is 62.4 Å². The molecule has 2 rings (SSSR count). The number of carbonyl (C=O) groups excluding carboxylic acids is 1. The highest BCUT2D eigenvalue weighted by molar-refractivity contribution is 7.80. The highest BCUT2D eigenvalue weighted by Gasteiger charge is 2.04. The van der Waals surface area contributed by atoms with Crippen LogP contribution in [0.2, 0.25) is 10.0 Å². The number of hydrogen-bond acceptors (Lipinski definition) is 3. The Balaban J connectivity index is 1.62. The molecule has 0 aliphatic rings. The number of amides is 1. The average molecular weight is 412 g/mol. The van der Waals surface area contributed by atoms with Crippen LogP contribution >= 0.6 is 35.4 Å². The molecule has 5 nitrogen and oxygen atoms in total. The van der Waals surface area contributed by atoms with Gasteiger partial charge in [-0.05, 0) is 73.6 Å². The third-order valence-corrected chi connectivity index (χ3v) is 4.05. The summed E-state index contributed by atoms with van der Waals surface area (Å²) < 4.78 is 5.65. The number of thiocarbonyl (C=S) groups is 1. The van der Waals surface area contributed by atoms with Gasteiger partial charge in [-0.15, -0.1) is 0 Å². The highest BCUT2D eigenvalue weighted by atomic mass is 35.5. The molecule has 3 N–H and O–H groups in total. The van der Waals surface area contributed by atoms with Crippen molar-refractivity contribution in [2.75, 3.05) is 11.9 Å². The van der Waals surface area contributed by atoms with E-state index in [0.717, 1.165) is 17.0 Å². The fourth-order valence-corrected chi connectivity index (χ4v) is 2.60. The van der Waals surface area contributed by atoms with Crippen molar-refractivity contribution >= 4 is 52.1 Å². The van der Waals surface area contributed by atoms with Gasteiger partial charge in [0, 0.05) is 22.2 Å². The highest BCUT2D eigenvalue weighted by Crippen LogP contribution is 2.21. The zero-order valence-corrected chi connectivity index (χ0v) is 16.5. The van der Waals surface area contributed by atoms with E-state index in [1.165, 1.54) is 0 Å². The van der Waals surface area contributed by atoms with E-state index in [9.17, 15) is 4.79 Å². The molecule has 0 spiro atoms. The van der Waals surface area contributed by atoms with Crippen molar-refractivity contribution < 1.29 is 9.53 Å². The van der Waals surface area contributed by atoms with E-state index in [2.05, 4.69) is 16.2 Å². The summed E-state index contributed by atoms with van der Waals surface area (Å²) in [6.45, 7) is 2.36. The summed E-state index contributed by atoms with van der Waals surface area (Å²) in [5, 5.41) is 4.53. The quantitative estimate of drug-likeness (QED) is 0.371. The number of aryl methyl sites for hydroxylation is 1.